The summed E-state index contributed by atoms with van der Waals surface area (Å²) >= 11 is 0. The lowest BCUT2D eigenvalue weighted by atomic mass is 9.99. The van der Waals surface area contributed by atoms with Gasteiger partial charge in [-0.15, -0.1) is 0 Å². The lowest BCUT2D eigenvalue weighted by Crippen LogP contribution is -2.41. The van der Waals surface area contributed by atoms with Crippen molar-refractivity contribution in [3.05, 3.63) is 24.3 Å². The van der Waals surface area contributed by atoms with Crippen LogP contribution in [0.5, 0.6) is 0 Å². The van der Waals surface area contributed by atoms with Crippen molar-refractivity contribution < 1.29 is 28.6 Å². The summed E-state index contributed by atoms with van der Waals surface area (Å²) in [5, 5.41) is 0. The van der Waals surface area contributed by atoms with Gasteiger partial charge >= 0.3 is 12.1 Å². The first kappa shape index (κ1) is 18.2. The number of hydrogen-bond donors (Lipinski definition) is 0. The van der Waals surface area contributed by atoms with Crippen LogP contribution in [0.15, 0.2) is 24.3 Å². The van der Waals surface area contributed by atoms with Crippen LogP contribution in [0.25, 0.3) is 0 Å². The monoisotopic (exact) mass is 362 g/mol. The highest BCUT2D eigenvalue weighted by molar-refractivity contribution is 5.95. The summed E-state index contributed by atoms with van der Waals surface area (Å²) in [7, 11) is 1.32. The number of carbonyl (C=O) groups excluding carboxylic acids is 3. The first-order valence-electron chi connectivity index (χ1n) is 8.59. The first-order chi connectivity index (χ1) is 12.5. The number of esters is 1. The number of cyclic esters (lactones) is 1. The molecule has 8 nitrogen and oxygen atoms in total. The van der Waals surface area contributed by atoms with Gasteiger partial charge < -0.3 is 19.1 Å². The van der Waals surface area contributed by atoms with Gasteiger partial charge in [0.05, 0.1) is 26.2 Å². The Morgan fingerprint density at radius 2 is 1.88 bits per heavy atom. The average Bonchev–Trinajstić information content (AvgIpc) is 3.04. The Morgan fingerprint density at radius 3 is 2.46 bits per heavy atom. The van der Waals surface area contributed by atoms with Crippen LogP contribution in [0.3, 0.4) is 0 Å². The van der Waals surface area contributed by atoms with E-state index in [1.54, 1.807) is 29.2 Å². The third kappa shape index (κ3) is 3.50. The molecule has 3 rings (SSSR count). The Balaban J connectivity index is 1.72. The number of morpholine rings is 1. The molecular formula is C18H22N2O6. The zero-order valence-electron chi connectivity index (χ0n) is 14.8. The fourth-order valence-electron chi connectivity index (χ4n) is 3.24. The van der Waals surface area contributed by atoms with Crippen LogP contribution in [0.2, 0.25) is 0 Å². The van der Waals surface area contributed by atoms with Crippen molar-refractivity contribution >= 4 is 29.3 Å². The highest BCUT2D eigenvalue weighted by Crippen LogP contribution is 2.29. The second-order valence-electron chi connectivity index (χ2n) is 6.19. The Labute approximate surface area is 151 Å². The van der Waals surface area contributed by atoms with E-state index in [4.69, 9.17) is 14.2 Å². The molecule has 0 aliphatic carbocycles. The minimum absolute atomic E-state index is 0.0772. The molecule has 0 saturated carbocycles. The van der Waals surface area contributed by atoms with Crippen molar-refractivity contribution in [2.75, 3.05) is 43.2 Å². The Bertz CT molecular complexity index is 689. The summed E-state index contributed by atoms with van der Waals surface area (Å²) in [6.45, 7) is 3.21. The van der Waals surface area contributed by atoms with Gasteiger partial charge in [0.1, 0.15) is 12.7 Å². The second-order valence-corrected chi connectivity index (χ2v) is 6.19. The summed E-state index contributed by atoms with van der Waals surface area (Å²) in [4.78, 5) is 39.1. The zero-order valence-corrected chi connectivity index (χ0v) is 14.8. The summed E-state index contributed by atoms with van der Waals surface area (Å²) in [5.41, 5.74) is 1.41. The lowest BCUT2D eigenvalue weighted by molar-refractivity contribution is -0.148. The number of hydrogen-bond acceptors (Lipinski definition) is 6. The number of methoxy groups -OCH3 is 1. The molecule has 2 atom stereocenters. The van der Waals surface area contributed by atoms with E-state index in [1.165, 1.54) is 12.0 Å². The predicted molar refractivity (Wildman–Crippen MR) is 93.0 cm³/mol. The SMILES string of the molecule is CC[C@@H](C(=O)OC)C1CN(c2ccc(N3CCOCC3=O)cc2)C(=O)O1. The highest BCUT2D eigenvalue weighted by Gasteiger charge is 2.40. The molecule has 0 radical (unpaired) electrons. The summed E-state index contributed by atoms with van der Waals surface area (Å²) in [5.74, 6) is -0.957. The summed E-state index contributed by atoms with van der Waals surface area (Å²) < 4.78 is 15.3. The molecule has 2 aliphatic heterocycles. The standard InChI is InChI=1S/C18H22N2O6/c1-3-14(17(22)24-2)15-10-20(18(23)26-15)13-6-4-12(5-7-13)19-8-9-25-11-16(19)21/h4-7,14-15H,3,8-11H2,1-2H3/t14-,15?/m1/s1. The van der Waals surface area contributed by atoms with Gasteiger partial charge in [-0.05, 0) is 30.7 Å². The maximum atomic E-state index is 12.2. The largest absolute Gasteiger partial charge is 0.469 e. The van der Waals surface area contributed by atoms with Crippen LogP contribution in [0.4, 0.5) is 16.2 Å². The Morgan fingerprint density at radius 1 is 1.23 bits per heavy atom. The van der Waals surface area contributed by atoms with Crippen molar-refractivity contribution in [1.29, 1.82) is 0 Å². The van der Waals surface area contributed by atoms with E-state index in [9.17, 15) is 14.4 Å². The van der Waals surface area contributed by atoms with Gasteiger partial charge in [-0.1, -0.05) is 6.92 Å². The van der Waals surface area contributed by atoms with E-state index in [1.807, 2.05) is 6.92 Å². The van der Waals surface area contributed by atoms with Gasteiger partial charge in [-0.25, -0.2) is 4.79 Å². The van der Waals surface area contributed by atoms with E-state index in [0.29, 0.717) is 25.3 Å². The molecule has 8 heteroatoms. The van der Waals surface area contributed by atoms with Crippen LogP contribution in [-0.4, -0.2) is 57.5 Å². The molecule has 2 amide bonds. The predicted octanol–water partition coefficient (Wildman–Crippen LogP) is 1.57. The van der Waals surface area contributed by atoms with Crippen molar-refractivity contribution in [3.8, 4) is 0 Å². The highest BCUT2D eigenvalue weighted by atomic mass is 16.6. The van der Waals surface area contributed by atoms with E-state index >= 15 is 0 Å². The maximum absolute atomic E-state index is 12.2. The quantitative estimate of drug-likeness (QED) is 0.739. The first-order valence-corrected chi connectivity index (χ1v) is 8.59. The summed E-state index contributed by atoms with van der Waals surface area (Å²) in [6, 6.07) is 7.11. The number of nitrogens with zero attached hydrogens (tertiary/aromatic N) is 2. The number of carbonyl (C=O) groups is 3. The smallest absolute Gasteiger partial charge is 0.414 e. The molecular weight excluding hydrogens is 340 g/mol. The van der Waals surface area contributed by atoms with E-state index in [-0.39, 0.29) is 25.0 Å². The van der Waals surface area contributed by atoms with Gasteiger partial charge in [0.25, 0.3) is 5.91 Å². The molecule has 2 saturated heterocycles. The van der Waals surface area contributed by atoms with Gasteiger partial charge in [0.2, 0.25) is 0 Å². The van der Waals surface area contributed by atoms with Crippen LogP contribution >= 0.6 is 0 Å². The van der Waals surface area contributed by atoms with Crippen LogP contribution < -0.4 is 9.80 Å². The Kier molecular flexibility index (Phi) is 5.41. The zero-order chi connectivity index (χ0) is 18.7. The number of rotatable bonds is 5. The van der Waals surface area contributed by atoms with Crippen molar-refractivity contribution in [1.82, 2.24) is 0 Å². The van der Waals surface area contributed by atoms with Gasteiger partial charge in [-0.2, -0.15) is 0 Å². The molecule has 0 N–H and O–H groups in total. The van der Waals surface area contributed by atoms with Crippen LogP contribution in [0, 0.1) is 5.92 Å². The molecule has 0 aromatic heterocycles. The maximum Gasteiger partial charge on any atom is 0.414 e. The molecule has 140 valence electrons. The van der Waals surface area contributed by atoms with Crippen molar-refractivity contribution in [3.63, 3.8) is 0 Å². The normalized spacial score (nSPS) is 21.5. The molecule has 2 fully saturated rings. The molecule has 1 unspecified atom stereocenters. The van der Waals surface area contributed by atoms with Crippen LogP contribution in [0.1, 0.15) is 13.3 Å². The van der Waals surface area contributed by atoms with Gasteiger partial charge in [0.15, 0.2) is 0 Å². The van der Waals surface area contributed by atoms with Gasteiger partial charge in [0, 0.05) is 17.9 Å². The number of ether oxygens (including phenoxy) is 3. The van der Waals surface area contributed by atoms with E-state index < -0.39 is 18.1 Å². The molecule has 26 heavy (non-hydrogen) atoms. The molecule has 1 aromatic carbocycles. The number of amides is 2. The lowest BCUT2D eigenvalue weighted by Gasteiger charge is -2.27. The molecule has 0 bridgehead atoms. The third-order valence-electron chi connectivity index (χ3n) is 4.69. The molecule has 0 spiro atoms. The molecule has 2 aliphatic rings. The molecule has 2 heterocycles. The average molecular weight is 362 g/mol. The number of benzene rings is 1. The minimum atomic E-state index is -0.541. The third-order valence-corrected chi connectivity index (χ3v) is 4.69. The van der Waals surface area contributed by atoms with Gasteiger partial charge in [-0.3, -0.25) is 14.5 Å². The molecule has 1 aromatic rings. The van der Waals surface area contributed by atoms with Crippen molar-refractivity contribution in [2.45, 2.75) is 19.4 Å². The fraction of sp³-hybridized carbons (Fsp3) is 0.500. The van der Waals surface area contributed by atoms with Crippen molar-refractivity contribution in [2.24, 2.45) is 5.92 Å². The Hall–Kier alpha value is -2.61. The van der Waals surface area contributed by atoms with E-state index in [2.05, 4.69) is 0 Å². The van der Waals surface area contributed by atoms with Crippen LogP contribution in [-0.2, 0) is 23.8 Å². The summed E-state index contributed by atoms with van der Waals surface area (Å²) in [6.07, 6.45) is -0.510. The minimum Gasteiger partial charge on any atom is -0.469 e. The fourth-order valence-corrected chi connectivity index (χ4v) is 3.24. The second kappa shape index (κ2) is 7.74. The number of anilines is 2. The topological polar surface area (TPSA) is 85.4 Å². The van der Waals surface area contributed by atoms with E-state index in [0.717, 1.165) is 5.69 Å².